The fourth-order valence-electron chi connectivity index (χ4n) is 3.04. The van der Waals surface area contributed by atoms with E-state index in [0.29, 0.717) is 5.41 Å². The molecule has 1 unspecified atom stereocenters. The van der Waals surface area contributed by atoms with E-state index >= 15 is 0 Å². The predicted octanol–water partition coefficient (Wildman–Crippen LogP) is 1.14. The van der Waals surface area contributed by atoms with E-state index in [4.69, 9.17) is 5.73 Å². The fraction of sp³-hybridized carbons (Fsp3) is 1.00. The highest BCUT2D eigenvalue weighted by Crippen LogP contribution is 2.55. The molecule has 0 spiro atoms. The zero-order valence-corrected chi connectivity index (χ0v) is 11.1. The Morgan fingerprint density at radius 1 is 1.19 bits per heavy atom. The van der Waals surface area contributed by atoms with Gasteiger partial charge in [0.25, 0.3) is 0 Å². The van der Waals surface area contributed by atoms with Crippen LogP contribution in [0.3, 0.4) is 0 Å². The van der Waals surface area contributed by atoms with Crippen LogP contribution in [0.15, 0.2) is 0 Å². The summed E-state index contributed by atoms with van der Waals surface area (Å²) < 4.78 is 0. The van der Waals surface area contributed by atoms with Gasteiger partial charge in [-0.05, 0) is 31.7 Å². The van der Waals surface area contributed by atoms with Crippen molar-refractivity contribution in [3.8, 4) is 0 Å². The van der Waals surface area contributed by atoms with E-state index < -0.39 is 0 Å². The zero-order chi connectivity index (χ0) is 11.8. The van der Waals surface area contributed by atoms with Crippen molar-refractivity contribution >= 4 is 0 Å². The van der Waals surface area contributed by atoms with Crippen molar-refractivity contribution in [3.63, 3.8) is 0 Å². The van der Waals surface area contributed by atoms with Gasteiger partial charge in [0.15, 0.2) is 0 Å². The largest absolute Gasteiger partial charge is 0.329 e. The Hall–Kier alpha value is -0.120. The monoisotopic (exact) mass is 225 g/mol. The summed E-state index contributed by atoms with van der Waals surface area (Å²) in [6.07, 6.45) is 2.71. The van der Waals surface area contributed by atoms with E-state index in [-0.39, 0.29) is 5.54 Å². The first-order valence-electron chi connectivity index (χ1n) is 6.73. The average Bonchev–Trinajstić information content (AvgIpc) is 3.08. The van der Waals surface area contributed by atoms with Crippen molar-refractivity contribution < 1.29 is 0 Å². The normalized spacial score (nSPS) is 30.0. The molecule has 0 aromatic carbocycles. The molecule has 1 atom stereocenters. The molecule has 3 heteroatoms. The first kappa shape index (κ1) is 12.3. The average molecular weight is 225 g/mol. The van der Waals surface area contributed by atoms with E-state index in [2.05, 4.69) is 30.6 Å². The second-order valence-electron chi connectivity index (χ2n) is 5.96. The molecule has 2 N–H and O–H groups in total. The molecular weight excluding hydrogens is 198 g/mol. The third kappa shape index (κ3) is 1.89. The Balaban J connectivity index is 2.01. The van der Waals surface area contributed by atoms with Crippen molar-refractivity contribution in [1.82, 2.24) is 9.80 Å². The van der Waals surface area contributed by atoms with Crippen LogP contribution in [0.5, 0.6) is 0 Å². The first-order valence-corrected chi connectivity index (χ1v) is 6.73. The Bertz CT molecular complexity index is 242. The lowest BCUT2D eigenvalue weighted by Gasteiger charge is -2.49. The lowest BCUT2D eigenvalue weighted by Crippen LogP contribution is -2.62. The quantitative estimate of drug-likeness (QED) is 0.779. The van der Waals surface area contributed by atoms with Gasteiger partial charge in [0.1, 0.15) is 0 Å². The lowest BCUT2D eigenvalue weighted by molar-refractivity contribution is 0.00678. The van der Waals surface area contributed by atoms with Gasteiger partial charge in [-0.15, -0.1) is 0 Å². The number of hydrogen-bond acceptors (Lipinski definition) is 3. The third-order valence-electron chi connectivity index (χ3n) is 5.22. The molecule has 2 fully saturated rings. The summed E-state index contributed by atoms with van der Waals surface area (Å²) in [7, 11) is 0. The summed E-state index contributed by atoms with van der Waals surface area (Å²) >= 11 is 0. The molecule has 1 saturated heterocycles. The van der Waals surface area contributed by atoms with Crippen LogP contribution in [-0.2, 0) is 0 Å². The molecular formula is C13H27N3. The van der Waals surface area contributed by atoms with Crippen molar-refractivity contribution in [2.75, 3.05) is 39.3 Å². The summed E-state index contributed by atoms with van der Waals surface area (Å²) in [5.74, 6) is 0. The molecule has 1 aliphatic heterocycles. The minimum absolute atomic E-state index is 0.229. The zero-order valence-electron chi connectivity index (χ0n) is 11.1. The van der Waals surface area contributed by atoms with Crippen LogP contribution in [0.1, 0.15) is 33.6 Å². The summed E-state index contributed by atoms with van der Waals surface area (Å²) in [5, 5.41) is 0. The number of likely N-dealkylation sites (N-methyl/N-ethyl adjacent to an activating group) is 1. The van der Waals surface area contributed by atoms with Crippen LogP contribution in [0.2, 0.25) is 0 Å². The number of nitrogens with zero attached hydrogens (tertiary/aromatic N) is 2. The van der Waals surface area contributed by atoms with Crippen LogP contribution in [0.25, 0.3) is 0 Å². The lowest BCUT2D eigenvalue weighted by atomic mass is 9.81. The second-order valence-corrected chi connectivity index (χ2v) is 5.96. The maximum absolute atomic E-state index is 6.08. The number of piperazine rings is 1. The van der Waals surface area contributed by atoms with Crippen LogP contribution in [-0.4, -0.2) is 54.6 Å². The van der Waals surface area contributed by atoms with Gasteiger partial charge in [0, 0.05) is 38.3 Å². The van der Waals surface area contributed by atoms with Crippen molar-refractivity contribution in [1.29, 1.82) is 0 Å². The predicted molar refractivity (Wildman–Crippen MR) is 68.5 cm³/mol. The summed E-state index contributed by atoms with van der Waals surface area (Å²) in [6, 6.07) is 0. The van der Waals surface area contributed by atoms with Gasteiger partial charge in [0.05, 0.1) is 0 Å². The molecule has 1 aliphatic carbocycles. The highest BCUT2D eigenvalue weighted by atomic mass is 15.3. The van der Waals surface area contributed by atoms with E-state index in [9.17, 15) is 0 Å². The van der Waals surface area contributed by atoms with Gasteiger partial charge in [-0.2, -0.15) is 0 Å². The van der Waals surface area contributed by atoms with Crippen molar-refractivity contribution in [2.24, 2.45) is 11.1 Å². The van der Waals surface area contributed by atoms with Gasteiger partial charge in [-0.25, -0.2) is 0 Å². The molecule has 16 heavy (non-hydrogen) atoms. The molecule has 1 heterocycles. The second kappa shape index (κ2) is 4.28. The first-order chi connectivity index (χ1) is 7.55. The third-order valence-corrected chi connectivity index (χ3v) is 5.22. The highest BCUT2D eigenvalue weighted by Gasteiger charge is 2.55. The molecule has 2 aliphatic rings. The minimum atomic E-state index is 0.229. The maximum atomic E-state index is 6.08. The maximum Gasteiger partial charge on any atom is 0.0358 e. The SMILES string of the molecule is CCN1CCN(C(C)(CN)C2(C)CC2)CC1. The summed E-state index contributed by atoms with van der Waals surface area (Å²) in [4.78, 5) is 5.18. The van der Waals surface area contributed by atoms with Crippen LogP contribution in [0.4, 0.5) is 0 Å². The molecule has 0 amide bonds. The van der Waals surface area contributed by atoms with E-state index in [1.165, 1.54) is 45.6 Å². The van der Waals surface area contributed by atoms with Crippen molar-refractivity contribution in [2.45, 2.75) is 39.2 Å². The van der Waals surface area contributed by atoms with Crippen LogP contribution in [0, 0.1) is 5.41 Å². The molecule has 0 bridgehead atoms. The van der Waals surface area contributed by atoms with E-state index in [0.717, 1.165) is 6.54 Å². The smallest absolute Gasteiger partial charge is 0.0358 e. The topological polar surface area (TPSA) is 32.5 Å². The number of nitrogens with two attached hydrogens (primary N) is 1. The Morgan fingerprint density at radius 3 is 2.12 bits per heavy atom. The van der Waals surface area contributed by atoms with E-state index in [1.54, 1.807) is 0 Å². The Labute approximate surface area is 100.0 Å². The molecule has 3 nitrogen and oxygen atoms in total. The molecule has 0 radical (unpaired) electrons. The number of rotatable bonds is 4. The van der Waals surface area contributed by atoms with Crippen molar-refractivity contribution in [3.05, 3.63) is 0 Å². The molecule has 1 saturated carbocycles. The molecule has 2 rings (SSSR count). The van der Waals surface area contributed by atoms with E-state index in [1.807, 2.05) is 0 Å². The fourth-order valence-corrected chi connectivity index (χ4v) is 3.04. The van der Waals surface area contributed by atoms with Crippen LogP contribution < -0.4 is 5.73 Å². The standard InChI is InChI=1S/C13H27N3/c1-4-15-7-9-16(10-8-15)13(3,11-14)12(2)5-6-12/h4-11,14H2,1-3H3. The van der Waals surface area contributed by atoms with Crippen LogP contribution >= 0.6 is 0 Å². The van der Waals surface area contributed by atoms with Gasteiger partial charge < -0.3 is 10.6 Å². The summed E-state index contributed by atoms with van der Waals surface area (Å²) in [5.41, 5.74) is 6.79. The number of hydrogen-bond donors (Lipinski definition) is 1. The molecule has 0 aromatic heterocycles. The van der Waals surface area contributed by atoms with Gasteiger partial charge in [-0.1, -0.05) is 13.8 Å². The van der Waals surface area contributed by atoms with Gasteiger partial charge in [-0.3, -0.25) is 4.90 Å². The molecule has 94 valence electrons. The summed E-state index contributed by atoms with van der Waals surface area (Å²) in [6.45, 7) is 13.8. The van der Waals surface area contributed by atoms with Gasteiger partial charge in [0.2, 0.25) is 0 Å². The minimum Gasteiger partial charge on any atom is -0.329 e. The highest BCUT2D eigenvalue weighted by molar-refractivity contribution is 5.10. The Kier molecular flexibility index (Phi) is 3.30. The van der Waals surface area contributed by atoms with Gasteiger partial charge >= 0.3 is 0 Å². The Morgan fingerprint density at radius 2 is 1.75 bits per heavy atom. The molecule has 0 aromatic rings.